The summed E-state index contributed by atoms with van der Waals surface area (Å²) in [6.07, 6.45) is 3.08. The van der Waals surface area contributed by atoms with Gasteiger partial charge < -0.3 is 15.2 Å². The van der Waals surface area contributed by atoms with Gasteiger partial charge in [-0.05, 0) is 37.5 Å². The first kappa shape index (κ1) is 12.3. The van der Waals surface area contributed by atoms with Crippen molar-refractivity contribution in [3.63, 3.8) is 0 Å². The maximum Gasteiger partial charge on any atom is 0.0893 e. The van der Waals surface area contributed by atoms with E-state index in [1.165, 1.54) is 5.56 Å². The molecular weight excluding hydrogens is 250 g/mol. The normalized spacial score (nSPS) is 29.6. The number of aliphatic hydroxyl groups is 1. The van der Waals surface area contributed by atoms with Crippen molar-refractivity contribution in [2.45, 2.75) is 31.4 Å². The standard InChI is InChI=1S/C14H18ClNO2/c15-9-3-4-13-11(8-9)14-10(5-7-18-14)12(16-13)2-1-6-17/h3-4,8,10,12,14,16-17H,1-2,5-7H2/t10-,12+,14-/m1/s1. The van der Waals surface area contributed by atoms with Gasteiger partial charge in [0.1, 0.15) is 0 Å². The Morgan fingerprint density at radius 3 is 3.17 bits per heavy atom. The third kappa shape index (κ3) is 2.11. The van der Waals surface area contributed by atoms with Crippen LogP contribution in [0.4, 0.5) is 5.69 Å². The van der Waals surface area contributed by atoms with Gasteiger partial charge >= 0.3 is 0 Å². The Morgan fingerprint density at radius 2 is 2.33 bits per heavy atom. The van der Waals surface area contributed by atoms with E-state index in [2.05, 4.69) is 5.32 Å². The number of aliphatic hydroxyl groups excluding tert-OH is 1. The van der Waals surface area contributed by atoms with Gasteiger partial charge in [0.2, 0.25) is 0 Å². The highest BCUT2D eigenvalue weighted by Crippen LogP contribution is 2.46. The fraction of sp³-hybridized carbons (Fsp3) is 0.571. The number of hydrogen-bond donors (Lipinski definition) is 2. The molecule has 3 nitrogen and oxygen atoms in total. The van der Waals surface area contributed by atoms with Crippen LogP contribution in [0.2, 0.25) is 5.02 Å². The number of hydrogen-bond acceptors (Lipinski definition) is 3. The quantitative estimate of drug-likeness (QED) is 0.885. The predicted molar refractivity (Wildman–Crippen MR) is 72.0 cm³/mol. The van der Waals surface area contributed by atoms with E-state index in [1.807, 2.05) is 18.2 Å². The molecule has 1 fully saturated rings. The van der Waals surface area contributed by atoms with Crippen LogP contribution in [-0.4, -0.2) is 24.4 Å². The molecule has 4 heteroatoms. The third-order valence-electron chi connectivity index (χ3n) is 3.99. The summed E-state index contributed by atoms with van der Waals surface area (Å²) in [5, 5.41) is 13.3. The Balaban J connectivity index is 1.89. The molecular formula is C14H18ClNO2. The smallest absolute Gasteiger partial charge is 0.0893 e. The zero-order valence-corrected chi connectivity index (χ0v) is 11.0. The summed E-state index contributed by atoms with van der Waals surface area (Å²) in [4.78, 5) is 0. The number of rotatable bonds is 3. The van der Waals surface area contributed by atoms with Gasteiger partial charge in [-0.25, -0.2) is 0 Å². The number of fused-ring (bicyclic) bond motifs is 3. The number of halogens is 1. The molecule has 1 aromatic rings. The Morgan fingerprint density at radius 1 is 1.44 bits per heavy atom. The molecule has 0 saturated carbocycles. The average molecular weight is 268 g/mol. The molecule has 0 unspecified atom stereocenters. The molecule has 1 saturated heterocycles. The molecule has 0 aromatic heterocycles. The van der Waals surface area contributed by atoms with Crippen molar-refractivity contribution < 1.29 is 9.84 Å². The molecule has 3 rings (SSSR count). The predicted octanol–water partition coefficient (Wildman–Crippen LogP) is 2.98. The Hall–Kier alpha value is -0.770. The molecule has 3 atom stereocenters. The first-order chi connectivity index (χ1) is 8.79. The van der Waals surface area contributed by atoms with Crippen molar-refractivity contribution in [3.05, 3.63) is 28.8 Å². The highest BCUT2D eigenvalue weighted by atomic mass is 35.5. The maximum atomic E-state index is 8.99. The zero-order chi connectivity index (χ0) is 12.5. The van der Waals surface area contributed by atoms with Crippen molar-refractivity contribution in [2.75, 3.05) is 18.5 Å². The van der Waals surface area contributed by atoms with Crippen LogP contribution >= 0.6 is 11.6 Å². The summed E-state index contributed by atoms with van der Waals surface area (Å²) in [5.41, 5.74) is 2.32. The van der Waals surface area contributed by atoms with E-state index in [4.69, 9.17) is 21.4 Å². The van der Waals surface area contributed by atoms with Gasteiger partial charge in [-0.1, -0.05) is 11.6 Å². The lowest BCUT2D eigenvalue weighted by Crippen LogP contribution is -2.36. The summed E-state index contributed by atoms with van der Waals surface area (Å²) in [5.74, 6) is 0.502. The topological polar surface area (TPSA) is 41.5 Å². The third-order valence-corrected chi connectivity index (χ3v) is 4.22. The highest BCUT2D eigenvalue weighted by molar-refractivity contribution is 6.30. The number of nitrogens with one attached hydrogen (secondary N) is 1. The molecule has 98 valence electrons. The van der Waals surface area contributed by atoms with E-state index in [9.17, 15) is 0 Å². The second-order valence-electron chi connectivity index (χ2n) is 5.09. The van der Waals surface area contributed by atoms with Gasteiger partial charge in [-0.15, -0.1) is 0 Å². The van der Waals surface area contributed by atoms with Gasteiger partial charge in [0.15, 0.2) is 0 Å². The monoisotopic (exact) mass is 267 g/mol. The van der Waals surface area contributed by atoms with Crippen LogP contribution < -0.4 is 5.32 Å². The second kappa shape index (κ2) is 5.08. The molecule has 0 bridgehead atoms. The summed E-state index contributed by atoms with van der Waals surface area (Å²) in [7, 11) is 0. The Labute approximate surface area is 112 Å². The largest absolute Gasteiger partial charge is 0.396 e. The molecule has 0 amide bonds. The molecule has 2 aliphatic heterocycles. The van der Waals surface area contributed by atoms with Crippen LogP contribution in [0.5, 0.6) is 0 Å². The van der Waals surface area contributed by atoms with E-state index < -0.39 is 0 Å². The minimum Gasteiger partial charge on any atom is -0.396 e. The number of benzene rings is 1. The van der Waals surface area contributed by atoms with E-state index >= 15 is 0 Å². The van der Waals surface area contributed by atoms with Crippen LogP contribution in [-0.2, 0) is 4.74 Å². The van der Waals surface area contributed by atoms with Gasteiger partial charge in [0, 0.05) is 41.4 Å². The summed E-state index contributed by atoms with van der Waals surface area (Å²) < 4.78 is 5.89. The molecule has 1 aromatic carbocycles. The number of anilines is 1. The van der Waals surface area contributed by atoms with Crippen molar-refractivity contribution in [1.29, 1.82) is 0 Å². The second-order valence-corrected chi connectivity index (χ2v) is 5.53. The summed E-state index contributed by atoms with van der Waals surface area (Å²) in [6.45, 7) is 1.07. The average Bonchev–Trinajstić information content (AvgIpc) is 2.86. The summed E-state index contributed by atoms with van der Waals surface area (Å²) in [6, 6.07) is 6.35. The minimum atomic E-state index is 0.170. The fourth-order valence-electron chi connectivity index (χ4n) is 3.14. The first-order valence-corrected chi connectivity index (χ1v) is 6.96. The van der Waals surface area contributed by atoms with Crippen molar-refractivity contribution in [3.8, 4) is 0 Å². The molecule has 0 aliphatic carbocycles. The van der Waals surface area contributed by atoms with Gasteiger partial charge in [-0.2, -0.15) is 0 Å². The summed E-state index contributed by atoms with van der Waals surface area (Å²) >= 11 is 6.07. The molecule has 0 radical (unpaired) electrons. The van der Waals surface area contributed by atoms with E-state index in [1.54, 1.807) is 0 Å². The SMILES string of the molecule is OCCC[C@@H]1Nc2ccc(Cl)cc2[C@@H]2OCC[C@H]12. The molecule has 2 heterocycles. The van der Waals surface area contributed by atoms with E-state index in [0.717, 1.165) is 36.6 Å². The first-order valence-electron chi connectivity index (χ1n) is 6.58. The molecule has 2 aliphatic rings. The van der Waals surface area contributed by atoms with E-state index in [-0.39, 0.29) is 12.7 Å². The van der Waals surface area contributed by atoms with Crippen LogP contribution in [0, 0.1) is 5.92 Å². The lowest BCUT2D eigenvalue weighted by atomic mass is 9.82. The Bertz CT molecular complexity index is 438. The minimum absolute atomic E-state index is 0.170. The van der Waals surface area contributed by atoms with Gasteiger partial charge in [0.25, 0.3) is 0 Å². The highest BCUT2D eigenvalue weighted by Gasteiger charge is 2.40. The van der Waals surface area contributed by atoms with Gasteiger partial charge in [0.05, 0.1) is 6.10 Å². The molecule has 0 spiro atoms. The lowest BCUT2D eigenvalue weighted by molar-refractivity contribution is 0.0813. The van der Waals surface area contributed by atoms with Crippen molar-refractivity contribution in [1.82, 2.24) is 0 Å². The van der Waals surface area contributed by atoms with Crippen molar-refractivity contribution in [2.24, 2.45) is 5.92 Å². The van der Waals surface area contributed by atoms with Crippen LogP contribution in [0.15, 0.2) is 18.2 Å². The fourth-order valence-corrected chi connectivity index (χ4v) is 3.32. The van der Waals surface area contributed by atoms with Crippen LogP contribution in [0.1, 0.15) is 30.9 Å². The molecule has 2 N–H and O–H groups in total. The van der Waals surface area contributed by atoms with Crippen LogP contribution in [0.3, 0.4) is 0 Å². The zero-order valence-electron chi connectivity index (χ0n) is 10.2. The maximum absolute atomic E-state index is 8.99. The van der Waals surface area contributed by atoms with Gasteiger partial charge in [-0.3, -0.25) is 0 Å². The van der Waals surface area contributed by atoms with Crippen LogP contribution in [0.25, 0.3) is 0 Å². The lowest BCUT2D eigenvalue weighted by Gasteiger charge is -2.36. The van der Waals surface area contributed by atoms with E-state index in [0.29, 0.717) is 12.0 Å². The Kier molecular flexibility index (Phi) is 3.46. The number of ether oxygens (including phenoxy) is 1. The molecule has 18 heavy (non-hydrogen) atoms. The van der Waals surface area contributed by atoms with Crippen molar-refractivity contribution >= 4 is 17.3 Å².